The van der Waals surface area contributed by atoms with Gasteiger partial charge < -0.3 is 20.1 Å². The van der Waals surface area contributed by atoms with Crippen LogP contribution in [0.1, 0.15) is 17.2 Å². The molecule has 0 bridgehead atoms. The number of fused-ring (bicyclic) bond motifs is 2. The Hall–Kier alpha value is -2.11. The van der Waals surface area contributed by atoms with Crippen molar-refractivity contribution in [2.75, 3.05) is 30.5 Å². The molecule has 0 saturated carbocycles. The van der Waals surface area contributed by atoms with E-state index in [-0.39, 0.29) is 6.10 Å². The Bertz CT molecular complexity index is 654. The molecule has 108 valence electrons. The second-order valence-electron chi connectivity index (χ2n) is 5.23. The van der Waals surface area contributed by atoms with Crippen LogP contribution in [-0.2, 0) is 16.0 Å². The first-order valence-electron chi connectivity index (χ1n) is 7.18. The molecule has 2 aromatic rings. The van der Waals surface area contributed by atoms with Crippen molar-refractivity contribution < 1.29 is 9.47 Å². The largest absolute Gasteiger partial charge is 0.379 e. The maximum absolute atomic E-state index is 5.76. The number of nitrogens with zero attached hydrogens (tertiary/aromatic N) is 1. The van der Waals surface area contributed by atoms with Gasteiger partial charge in [-0.05, 0) is 23.8 Å². The number of hydrogen-bond donors (Lipinski definition) is 2. The second-order valence-corrected chi connectivity index (χ2v) is 5.23. The van der Waals surface area contributed by atoms with Gasteiger partial charge in [0.05, 0.1) is 31.2 Å². The van der Waals surface area contributed by atoms with Crippen molar-refractivity contribution in [2.45, 2.75) is 12.6 Å². The predicted octanol–water partition coefficient (Wildman–Crippen LogP) is 2.84. The van der Waals surface area contributed by atoms with Crippen LogP contribution in [0.25, 0.3) is 0 Å². The van der Waals surface area contributed by atoms with E-state index in [4.69, 9.17) is 9.47 Å². The highest BCUT2D eigenvalue weighted by Crippen LogP contribution is 2.33. The summed E-state index contributed by atoms with van der Waals surface area (Å²) in [6.07, 6.45) is 1.83. The Labute approximate surface area is 123 Å². The Balaban J connectivity index is 1.64. The molecule has 1 saturated heterocycles. The summed E-state index contributed by atoms with van der Waals surface area (Å²) in [6, 6.07) is 10.3. The number of anilines is 3. The smallest absolute Gasteiger partial charge is 0.135 e. The molecule has 5 heteroatoms. The number of ether oxygens (including phenoxy) is 2. The fourth-order valence-electron chi connectivity index (χ4n) is 2.71. The molecular formula is C16H17N3O2. The zero-order chi connectivity index (χ0) is 14.1. The van der Waals surface area contributed by atoms with Gasteiger partial charge in [0.1, 0.15) is 11.9 Å². The van der Waals surface area contributed by atoms with Crippen LogP contribution in [0.4, 0.5) is 17.2 Å². The first-order valence-corrected chi connectivity index (χ1v) is 7.18. The van der Waals surface area contributed by atoms with Gasteiger partial charge in [-0.25, -0.2) is 4.98 Å². The van der Waals surface area contributed by atoms with E-state index in [2.05, 4.69) is 39.9 Å². The summed E-state index contributed by atoms with van der Waals surface area (Å²) in [5, 5.41) is 6.85. The first kappa shape index (κ1) is 12.6. The molecule has 0 amide bonds. The number of rotatable bonds is 1. The van der Waals surface area contributed by atoms with Crippen molar-refractivity contribution in [3.8, 4) is 0 Å². The molecule has 0 aliphatic carbocycles. The van der Waals surface area contributed by atoms with Gasteiger partial charge in [0.15, 0.2) is 0 Å². The Kier molecular flexibility index (Phi) is 3.21. The molecule has 0 radical (unpaired) electrons. The number of hydrogen-bond acceptors (Lipinski definition) is 5. The van der Waals surface area contributed by atoms with Crippen molar-refractivity contribution in [2.24, 2.45) is 0 Å². The third-order valence-corrected chi connectivity index (χ3v) is 3.84. The van der Waals surface area contributed by atoms with Crippen molar-refractivity contribution in [1.29, 1.82) is 0 Å². The molecule has 2 N–H and O–H groups in total. The minimum atomic E-state index is 0.0228. The summed E-state index contributed by atoms with van der Waals surface area (Å²) in [5.41, 5.74) is 4.40. The number of pyridine rings is 1. The standard InChI is InChI=1S/C16H17N3O2/c1-2-12-9-18-14-8-11(15-10-20-6-7-21-15)3-4-13(14)19-16(12)17-5-1/h1-5,8,15,18H,6-7,9-10H2,(H,17,19). The van der Waals surface area contributed by atoms with Gasteiger partial charge in [0.25, 0.3) is 0 Å². The fraction of sp³-hybridized carbons (Fsp3) is 0.312. The monoisotopic (exact) mass is 283 g/mol. The molecule has 0 spiro atoms. The minimum absolute atomic E-state index is 0.0228. The van der Waals surface area contributed by atoms with Crippen molar-refractivity contribution >= 4 is 17.2 Å². The quantitative estimate of drug-likeness (QED) is 0.843. The van der Waals surface area contributed by atoms with E-state index >= 15 is 0 Å². The second kappa shape index (κ2) is 5.35. The van der Waals surface area contributed by atoms with Crippen LogP contribution in [0, 0.1) is 0 Å². The minimum Gasteiger partial charge on any atom is -0.379 e. The lowest BCUT2D eigenvalue weighted by molar-refractivity contribution is -0.0901. The maximum Gasteiger partial charge on any atom is 0.135 e. The van der Waals surface area contributed by atoms with Crippen LogP contribution in [0.15, 0.2) is 36.5 Å². The normalized spacial score (nSPS) is 20.5. The summed E-state index contributed by atoms with van der Waals surface area (Å²) >= 11 is 0. The van der Waals surface area contributed by atoms with Gasteiger partial charge in [-0.15, -0.1) is 0 Å². The molecule has 1 unspecified atom stereocenters. The third-order valence-electron chi connectivity index (χ3n) is 3.84. The highest BCUT2D eigenvalue weighted by molar-refractivity contribution is 5.77. The van der Waals surface area contributed by atoms with Gasteiger partial charge in [-0.2, -0.15) is 0 Å². The Morgan fingerprint density at radius 3 is 3.05 bits per heavy atom. The van der Waals surface area contributed by atoms with Gasteiger partial charge >= 0.3 is 0 Å². The van der Waals surface area contributed by atoms with E-state index in [1.165, 1.54) is 0 Å². The van der Waals surface area contributed by atoms with Crippen LogP contribution in [0.2, 0.25) is 0 Å². The summed E-state index contributed by atoms with van der Waals surface area (Å²) in [6.45, 7) is 2.72. The van der Waals surface area contributed by atoms with Crippen LogP contribution >= 0.6 is 0 Å². The molecule has 1 aromatic carbocycles. The average Bonchev–Trinajstić information content (AvgIpc) is 2.74. The van der Waals surface area contributed by atoms with Crippen LogP contribution in [0.5, 0.6) is 0 Å². The lowest BCUT2D eigenvalue weighted by atomic mass is 10.1. The Morgan fingerprint density at radius 1 is 1.14 bits per heavy atom. The van der Waals surface area contributed by atoms with Crippen LogP contribution in [-0.4, -0.2) is 24.8 Å². The molecule has 4 rings (SSSR count). The first-order chi connectivity index (χ1) is 10.4. The molecule has 1 atom stereocenters. The van der Waals surface area contributed by atoms with E-state index in [0.717, 1.165) is 34.9 Å². The van der Waals surface area contributed by atoms with Crippen LogP contribution in [0.3, 0.4) is 0 Å². The topological polar surface area (TPSA) is 55.4 Å². The maximum atomic E-state index is 5.76. The predicted molar refractivity (Wildman–Crippen MR) is 80.8 cm³/mol. The highest BCUT2D eigenvalue weighted by atomic mass is 16.6. The summed E-state index contributed by atoms with van der Waals surface area (Å²) in [7, 11) is 0. The van der Waals surface area contributed by atoms with E-state index in [9.17, 15) is 0 Å². The molecule has 1 aromatic heterocycles. The van der Waals surface area contributed by atoms with Crippen molar-refractivity contribution in [1.82, 2.24) is 4.98 Å². The van der Waals surface area contributed by atoms with Crippen molar-refractivity contribution in [3.63, 3.8) is 0 Å². The molecule has 3 heterocycles. The van der Waals surface area contributed by atoms with Crippen molar-refractivity contribution in [3.05, 3.63) is 47.7 Å². The van der Waals surface area contributed by atoms with E-state index in [1.807, 2.05) is 6.07 Å². The van der Waals surface area contributed by atoms with Gasteiger partial charge in [-0.1, -0.05) is 12.1 Å². The third kappa shape index (κ3) is 2.46. The zero-order valence-corrected chi connectivity index (χ0v) is 11.6. The highest BCUT2D eigenvalue weighted by Gasteiger charge is 2.19. The summed E-state index contributed by atoms with van der Waals surface area (Å²) < 4.78 is 11.2. The van der Waals surface area contributed by atoms with E-state index in [0.29, 0.717) is 19.8 Å². The SMILES string of the molecule is c1cnc2c(c1)CNc1cc(C3COCCO3)ccc1N2. The summed E-state index contributed by atoms with van der Waals surface area (Å²) in [4.78, 5) is 4.39. The van der Waals surface area contributed by atoms with E-state index < -0.39 is 0 Å². The lowest BCUT2D eigenvalue weighted by Gasteiger charge is -2.24. The average molecular weight is 283 g/mol. The Morgan fingerprint density at radius 2 is 2.14 bits per heavy atom. The molecule has 5 nitrogen and oxygen atoms in total. The fourth-order valence-corrected chi connectivity index (χ4v) is 2.71. The summed E-state index contributed by atoms with van der Waals surface area (Å²) in [5.74, 6) is 0.911. The molecule has 2 aliphatic rings. The van der Waals surface area contributed by atoms with E-state index in [1.54, 1.807) is 6.20 Å². The number of benzene rings is 1. The molecule has 1 fully saturated rings. The molecule has 2 aliphatic heterocycles. The molecule has 21 heavy (non-hydrogen) atoms. The van der Waals surface area contributed by atoms with Gasteiger partial charge in [0, 0.05) is 18.3 Å². The number of aromatic nitrogens is 1. The lowest BCUT2D eigenvalue weighted by Crippen LogP contribution is -2.22. The number of nitrogens with one attached hydrogen (secondary N) is 2. The van der Waals surface area contributed by atoms with Crippen LogP contribution < -0.4 is 10.6 Å². The zero-order valence-electron chi connectivity index (χ0n) is 11.6. The van der Waals surface area contributed by atoms with Gasteiger partial charge in [0.2, 0.25) is 0 Å². The van der Waals surface area contributed by atoms with Gasteiger partial charge in [-0.3, -0.25) is 0 Å². The molecular weight excluding hydrogens is 266 g/mol.